The Morgan fingerprint density at radius 2 is 1.97 bits per heavy atom. The molecular formula is C23H21NO8. The topological polar surface area (TPSA) is 167 Å². The predicted molar refractivity (Wildman–Crippen MR) is 109 cm³/mol. The second kappa shape index (κ2) is 6.46. The molecule has 0 unspecified atom stereocenters. The number of aliphatic hydroxyl groups excluding tert-OH is 2. The summed E-state index contributed by atoms with van der Waals surface area (Å²) < 4.78 is 6.08. The SMILES string of the molecule is CCC1=C[C@H]2c3cccc(O)c3C(O)=C3C(=O)[C@]4(O)C(O)=C(C(N)=O)C(=O)C[C@@H]4[C@@H](O1)[C@@H]32. The number of amides is 1. The zero-order valence-electron chi connectivity index (χ0n) is 17.0. The Morgan fingerprint density at radius 3 is 2.62 bits per heavy atom. The van der Waals surface area contributed by atoms with Gasteiger partial charge < -0.3 is 30.9 Å². The van der Waals surface area contributed by atoms with Crippen molar-refractivity contribution in [3.05, 3.63) is 58.1 Å². The molecule has 4 aliphatic rings. The van der Waals surface area contributed by atoms with Gasteiger partial charge in [0, 0.05) is 36.2 Å². The molecule has 1 heterocycles. The molecule has 3 aliphatic carbocycles. The van der Waals surface area contributed by atoms with E-state index in [1.54, 1.807) is 18.2 Å². The number of allylic oxidation sites excluding steroid dienone is 2. The fourth-order valence-corrected chi connectivity index (χ4v) is 5.64. The van der Waals surface area contributed by atoms with Crippen LogP contribution < -0.4 is 5.73 Å². The van der Waals surface area contributed by atoms with Crippen LogP contribution in [-0.4, -0.2) is 49.6 Å². The van der Waals surface area contributed by atoms with Crippen LogP contribution in [0.3, 0.4) is 0 Å². The van der Waals surface area contributed by atoms with Gasteiger partial charge >= 0.3 is 0 Å². The average Bonchev–Trinajstić information content (AvgIpc) is 2.74. The molecule has 9 heteroatoms. The van der Waals surface area contributed by atoms with Crippen molar-refractivity contribution in [2.45, 2.75) is 37.4 Å². The summed E-state index contributed by atoms with van der Waals surface area (Å²) in [4.78, 5) is 38.0. The lowest BCUT2D eigenvalue weighted by Crippen LogP contribution is -2.65. The molecule has 1 amide bonds. The molecule has 9 nitrogen and oxygen atoms in total. The number of hydrogen-bond donors (Lipinski definition) is 5. The summed E-state index contributed by atoms with van der Waals surface area (Å²) in [5, 5.41) is 43.7. The molecule has 5 atom stereocenters. The quantitative estimate of drug-likeness (QED) is 0.429. The molecule has 0 saturated heterocycles. The number of phenolic OH excluding ortho intramolecular Hbond substituents is 1. The van der Waals surface area contributed by atoms with Crippen molar-refractivity contribution in [1.82, 2.24) is 0 Å². The highest BCUT2D eigenvalue weighted by Gasteiger charge is 2.67. The number of aromatic hydroxyl groups is 1. The number of hydrogen-bond acceptors (Lipinski definition) is 8. The van der Waals surface area contributed by atoms with Gasteiger partial charge in [0.05, 0.1) is 11.3 Å². The number of carbonyl (C=O) groups excluding carboxylic acids is 3. The van der Waals surface area contributed by atoms with E-state index in [1.165, 1.54) is 6.07 Å². The first kappa shape index (κ1) is 20.3. The highest BCUT2D eigenvalue weighted by molar-refractivity contribution is 6.23. The van der Waals surface area contributed by atoms with Crippen LogP contribution in [0, 0.1) is 11.8 Å². The van der Waals surface area contributed by atoms with Gasteiger partial charge in [-0.05, 0) is 17.7 Å². The van der Waals surface area contributed by atoms with Crippen molar-refractivity contribution < 1.29 is 39.5 Å². The molecule has 1 aromatic carbocycles. The monoisotopic (exact) mass is 439 g/mol. The number of ether oxygens (including phenoxy) is 1. The molecule has 0 aromatic heterocycles. The Hall–Kier alpha value is -3.59. The maximum absolute atomic E-state index is 13.6. The molecule has 1 aliphatic heterocycles. The zero-order valence-corrected chi connectivity index (χ0v) is 17.0. The molecular weight excluding hydrogens is 418 g/mol. The van der Waals surface area contributed by atoms with Gasteiger partial charge in [-0.2, -0.15) is 0 Å². The van der Waals surface area contributed by atoms with E-state index in [9.17, 15) is 34.8 Å². The maximum atomic E-state index is 13.6. The van der Waals surface area contributed by atoms with Gasteiger partial charge in [-0.1, -0.05) is 19.1 Å². The summed E-state index contributed by atoms with van der Waals surface area (Å²) in [6, 6.07) is 4.71. The molecule has 6 N–H and O–H groups in total. The Morgan fingerprint density at radius 1 is 1.25 bits per heavy atom. The highest BCUT2D eigenvalue weighted by atomic mass is 16.5. The molecule has 0 radical (unpaired) electrons. The number of fused-ring (bicyclic) bond motifs is 4. The Bertz CT molecular complexity index is 1210. The fourth-order valence-electron chi connectivity index (χ4n) is 5.64. The first-order valence-corrected chi connectivity index (χ1v) is 10.3. The third kappa shape index (κ3) is 2.28. The minimum Gasteiger partial charge on any atom is -0.508 e. The van der Waals surface area contributed by atoms with Crippen LogP contribution in [0.15, 0.2) is 46.9 Å². The summed E-state index contributed by atoms with van der Waals surface area (Å²) in [7, 11) is 0. The number of phenols is 1. The van der Waals surface area contributed by atoms with E-state index in [1.807, 2.05) is 6.92 Å². The van der Waals surface area contributed by atoms with E-state index in [4.69, 9.17) is 10.5 Å². The second-order valence-electron chi connectivity index (χ2n) is 8.54. The van der Waals surface area contributed by atoms with Gasteiger partial charge in [-0.25, -0.2) is 0 Å². The molecule has 0 spiro atoms. The van der Waals surface area contributed by atoms with Crippen LogP contribution in [0.1, 0.15) is 36.8 Å². The van der Waals surface area contributed by atoms with Crippen molar-refractivity contribution in [1.29, 1.82) is 0 Å². The van der Waals surface area contributed by atoms with Crippen LogP contribution >= 0.6 is 0 Å². The predicted octanol–water partition coefficient (Wildman–Crippen LogP) is 1.27. The largest absolute Gasteiger partial charge is 0.508 e. The van der Waals surface area contributed by atoms with Gasteiger partial charge in [0.25, 0.3) is 5.91 Å². The third-order valence-corrected chi connectivity index (χ3v) is 7.05. The van der Waals surface area contributed by atoms with Crippen molar-refractivity contribution >= 4 is 23.2 Å². The number of benzene rings is 1. The summed E-state index contributed by atoms with van der Waals surface area (Å²) in [5.41, 5.74) is 2.09. The van der Waals surface area contributed by atoms with Gasteiger partial charge in [0.1, 0.15) is 28.9 Å². The molecule has 32 heavy (non-hydrogen) atoms. The van der Waals surface area contributed by atoms with Crippen molar-refractivity contribution in [2.75, 3.05) is 0 Å². The number of aliphatic hydroxyl groups is 3. The van der Waals surface area contributed by atoms with E-state index in [0.29, 0.717) is 17.7 Å². The van der Waals surface area contributed by atoms with Crippen LogP contribution in [0.25, 0.3) is 5.76 Å². The van der Waals surface area contributed by atoms with Crippen LogP contribution in [0.5, 0.6) is 5.75 Å². The Labute approximate surface area is 182 Å². The average molecular weight is 439 g/mol. The number of Topliss-reactive ketones (excluding diaryl/α,β-unsaturated/α-hetero) is 2. The summed E-state index contributed by atoms with van der Waals surface area (Å²) >= 11 is 0. The van der Waals surface area contributed by atoms with Gasteiger partial charge in [0.2, 0.25) is 5.78 Å². The van der Waals surface area contributed by atoms with Crippen LogP contribution in [0.4, 0.5) is 0 Å². The van der Waals surface area contributed by atoms with Gasteiger partial charge in [-0.3, -0.25) is 14.4 Å². The van der Waals surface area contributed by atoms with Crippen molar-refractivity contribution in [2.24, 2.45) is 17.6 Å². The normalized spacial score (nSPS) is 33.1. The number of carbonyl (C=O) groups is 3. The summed E-state index contributed by atoms with van der Waals surface area (Å²) in [5.74, 6) is -6.96. The molecule has 166 valence electrons. The highest BCUT2D eigenvalue weighted by Crippen LogP contribution is 2.58. The van der Waals surface area contributed by atoms with E-state index < -0.39 is 70.4 Å². The first-order chi connectivity index (χ1) is 15.1. The lowest BCUT2D eigenvalue weighted by atomic mass is 9.54. The number of rotatable bonds is 2. The van der Waals surface area contributed by atoms with Crippen molar-refractivity contribution in [3.63, 3.8) is 0 Å². The number of nitrogens with two attached hydrogens (primary N) is 1. The molecule has 5 rings (SSSR count). The van der Waals surface area contributed by atoms with Gasteiger partial charge in [0.15, 0.2) is 11.4 Å². The Kier molecular flexibility index (Phi) is 4.10. The van der Waals surface area contributed by atoms with Crippen LogP contribution in [-0.2, 0) is 19.1 Å². The van der Waals surface area contributed by atoms with E-state index in [2.05, 4.69) is 0 Å². The van der Waals surface area contributed by atoms with E-state index in [-0.39, 0.29) is 16.9 Å². The van der Waals surface area contributed by atoms with E-state index >= 15 is 0 Å². The van der Waals surface area contributed by atoms with Crippen molar-refractivity contribution in [3.8, 4) is 5.75 Å². The zero-order chi connectivity index (χ0) is 23.1. The van der Waals surface area contributed by atoms with Crippen LogP contribution in [0.2, 0.25) is 0 Å². The summed E-state index contributed by atoms with van der Waals surface area (Å²) in [6.07, 6.45) is 0.867. The summed E-state index contributed by atoms with van der Waals surface area (Å²) in [6.45, 7) is 1.85. The second-order valence-corrected chi connectivity index (χ2v) is 8.54. The fraction of sp³-hybridized carbons (Fsp3) is 0.348. The number of primary amides is 1. The minimum atomic E-state index is -2.69. The molecule has 1 aromatic rings. The standard InChI is InChI=1S/C23H21NO8/c1-2-8-6-10-9-4-3-5-12(25)14(9)18(27)17-15(10)19(32-8)11-7-13(26)16(22(24)30)20(28)23(11,31)21(17)29/h3-6,10-11,15,19,25,27-28,31H,2,7H2,1H3,(H2,24,30)/t10-,11+,15+,19+,23+/m0/s1. The third-order valence-electron chi connectivity index (χ3n) is 7.05. The molecule has 0 bridgehead atoms. The minimum absolute atomic E-state index is 0.0528. The molecule has 1 saturated carbocycles. The smallest absolute Gasteiger partial charge is 0.255 e. The Balaban J connectivity index is 1.84. The maximum Gasteiger partial charge on any atom is 0.255 e. The number of ketones is 2. The first-order valence-electron chi connectivity index (χ1n) is 10.3. The van der Waals surface area contributed by atoms with E-state index in [0.717, 1.165) is 0 Å². The van der Waals surface area contributed by atoms with Gasteiger partial charge in [-0.15, -0.1) is 0 Å². The molecule has 1 fully saturated rings. The lowest BCUT2D eigenvalue weighted by molar-refractivity contribution is -0.164. The lowest BCUT2D eigenvalue weighted by Gasteiger charge is -2.53.